The molecule has 2 rings (SSSR count). The van der Waals surface area contributed by atoms with Gasteiger partial charge in [0.05, 0.1) is 0 Å². The third-order valence-corrected chi connectivity index (χ3v) is 3.64. The molecule has 0 fully saturated rings. The average molecular weight is 334 g/mol. The topological polar surface area (TPSA) is 21.3 Å². The number of aryl methyl sites for hydroxylation is 1. The summed E-state index contributed by atoms with van der Waals surface area (Å²) in [5.74, 6) is 0.927. The minimum atomic E-state index is 0.596. The van der Waals surface area contributed by atoms with E-state index >= 15 is 0 Å². The fourth-order valence-electron chi connectivity index (χ4n) is 1.91. The van der Waals surface area contributed by atoms with Crippen LogP contribution in [0.1, 0.15) is 23.6 Å². The maximum atomic E-state index is 5.88. The predicted molar refractivity (Wildman–Crippen MR) is 87.0 cm³/mol. The Kier molecular flexibility index (Phi) is 5.62. The molecule has 0 aliphatic rings. The number of hydrogen-bond acceptors (Lipinski definition) is 2. The quantitative estimate of drug-likeness (QED) is 0.843. The van der Waals surface area contributed by atoms with E-state index in [0.717, 1.165) is 28.9 Å². The molecule has 20 heavy (non-hydrogen) atoms. The number of hydrogen-bond donors (Lipinski definition) is 1. The van der Waals surface area contributed by atoms with Crippen LogP contribution >= 0.6 is 15.9 Å². The standard InChI is InChI=1S/C17H20BrNO/c1-3-19-11-14-5-7-15(8-6-14)12-20-17-10-16(18)9-4-13(17)2/h4-10,19H,3,11-12H2,1-2H3. The molecule has 0 aromatic heterocycles. The van der Waals surface area contributed by atoms with Crippen molar-refractivity contribution in [2.45, 2.75) is 27.0 Å². The highest BCUT2D eigenvalue weighted by molar-refractivity contribution is 9.10. The van der Waals surface area contributed by atoms with Gasteiger partial charge in [0.25, 0.3) is 0 Å². The maximum Gasteiger partial charge on any atom is 0.123 e. The lowest BCUT2D eigenvalue weighted by Crippen LogP contribution is -2.11. The van der Waals surface area contributed by atoms with Crippen LogP contribution in [0.5, 0.6) is 5.75 Å². The number of ether oxygens (including phenoxy) is 1. The van der Waals surface area contributed by atoms with Crippen LogP contribution in [0.25, 0.3) is 0 Å². The molecular formula is C17H20BrNO. The van der Waals surface area contributed by atoms with Gasteiger partial charge in [-0.1, -0.05) is 53.2 Å². The molecule has 0 amide bonds. The normalized spacial score (nSPS) is 10.6. The maximum absolute atomic E-state index is 5.88. The van der Waals surface area contributed by atoms with Crippen LogP contribution < -0.4 is 10.1 Å². The highest BCUT2D eigenvalue weighted by atomic mass is 79.9. The van der Waals surface area contributed by atoms with Crippen molar-refractivity contribution in [3.63, 3.8) is 0 Å². The zero-order valence-corrected chi connectivity index (χ0v) is 13.5. The Morgan fingerprint density at radius 3 is 2.45 bits per heavy atom. The van der Waals surface area contributed by atoms with Gasteiger partial charge >= 0.3 is 0 Å². The van der Waals surface area contributed by atoms with Crippen LogP contribution in [0.15, 0.2) is 46.9 Å². The zero-order chi connectivity index (χ0) is 14.4. The highest BCUT2D eigenvalue weighted by Crippen LogP contribution is 2.23. The van der Waals surface area contributed by atoms with Crippen LogP contribution in [-0.2, 0) is 13.2 Å². The molecule has 0 radical (unpaired) electrons. The minimum absolute atomic E-state index is 0.596. The number of benzene rings is 2. The summed E-state index contributed by atoms with van der Waals surface area (Å²) in [7, 11) is 0. The van der Waals surface area contributed by atoms with E-state index < -0.39 is 0 Å². The van der Waals surface area contributed by atoms with E-state index in [4.69, 9.17) is 4.74 Å². The molecule has 0 heterocycles. The van der Waals surface area contributed by atoms with Crippen molar-refractivity contribution in [3.8, 4) is 5.75 Å². The molecule has 0 saturated heterocycles. The first kappa shape index (κ1) is 15.1. The molecule has 106 valence electrons. The zero-order valence-electron chi connectivity index (χ0n) is 11.9. The first-order valence-electron chi connectivity index (χ1n) is 6.86. The van der Waals surface area contributed by atoms with E-state index in [1.807, 2.05) is 12.1 Å². The summed E-state index contributed by atoms with van der Waals surface area (Å²) in [6.45, 7) is 6.68. The van der Waals surface area contributed by atoms with Crippen LogP contribution in [0.4, 0.5) is 0 Å². The van der Waals surface area contributed by atoms with Crippen LogP contribution in [0.2, 0.25) is 0 Å². The second-order valence-corrected chi connectivity index (χ2v) is 5.71. The Bertz CT molecular complexity index is 551. The van der Waals surface area contributed by atoms with Crippen molar-refractivity contribution in [3.05, 3.63) is 63.6 Å². The van der Waals surface area contributed by atoms with E-state index in [1.165, 1.54) is 11.1 Å². The van der Waals surface area contributed by atoms with Crippen molar-refractivity contribution in [2.75, 3.05) is 6.54 Å². The second kappa shape index (κ2) is 7.46. The monoisotopic (exact) mass is 333 g/mol. The van der Waals surface area contributed by atoms with Gasteiger partial charge < -0.3 is 10.1 Å². The van der Waals surface area contributed by atoms with Gasteiger partial charge in [0.15, 0.2) is 0 Å². The Hall–Kier alpha value is -1.32. The van der Waals surface area contributed by atoms with Crippen molar-refractivity contribution in [1.29, 1.82) is 0 Å². The molecule has 0 saturated carbocycles. The molecule has 3 heteroatoms. The van der Waals surface area contributed by atoms with Gasteiger partial charge in [-0.25, -0.2) is 0 Å². The molecule has 2 aromatic carbocycles. The van der Waals surface area contributed by atoms with E-state index in [2.05, 4.69) is 65.4 Å². The Morgan fingerprint density at radius 1 is 1.05 bits per heavy atom. The summed E-state index contributed by atoms with van der Waals surface area (Å²) in [4.78, 5) is 0. The first-order chi connectivity index (χ1) is 9.69. The molecule has 0 spiro atoms. The molecule has 1 N–H and O–H groups in total. The molecule has 0 bridgehead atoms. The van der Waals surface area contributed by atoms with Crippen LogP contribution in [0.3, 0.4) is 0 Å². The van der Waals surface area contributed by atoms with Crippen molar-refractivity contribution < 1.29 is 4.74 Å². The summed E-state index contributed by atoms with van der Waals surface area (Å²) < 4.78 is 6.92. The number of nitrogens with one attached hydrogen (secondary N) is 1. The van der Waals surface area contributed by atoms with E-state index in [9.17, 15) is 0 Å². The third kappa shape index (κ3) is 4.36. The molecule has 0 unspecified atom stereocenters. The molecule has 0 aliphatic carbocycles. The van der Waals surface area contributed by atoms with Gasteiger partial charge in [-0.15, -0.1) is 0 Å². The summed E-state index contributed by atoms with van der Waals surface area (Å²) in [5.41, 5.74) is 3.64. The van der Waals surface area contributed by atoms with E-state index in [1.54, 1.807) is 0 Å². The smallest absolute Gasteiger partial charge is 0.123 e. The largest absolute Gasteiger partial charge is 0.489 e. The van der Waals surface area contributed by atoms with Gasteiger partial charge in [0.1, 0.15) is 12.4 Å². The minimum Gasteiger partial charge on any atom is -0.489 e. The highest BCUT2D eigenvalue weighted by Gasteiger charge is 2.01. The van der Waals surface area contributed by atoms with Gasteiger partial charge in [-0.2, -0.15) is 0 Å². The summed E-state index contributed by atoms with van der Waals surface area (Å²) in [6, 6.07) is 14.6. The van der Waals surface area contributed by atoms with Crippen LogP contribution in [0, 0.1) is 6.92 Å². The lowest BCUT2D eigenvalue weighted by atomic mass is 10.1. The van der Waals surface area contributed by atoms with Crippen molar-refractivity contribution in [1.82, 2.24) is 5.32 Å². The molecular weight excluding hydrogens is 314 g/mol. The van der Waals surface area contributed by atoms with Gasteiger partial charge in [-0.05, 0) is 42.3 Å². The van der Waals surface area contributed by atoms with Crippen LogP contribution in [-0.4, -0.2) is 6.54 Å². The SMILES string of the molecule is CCNCc1ccc(COc2cc(Br)ccc2C)cc1. The number of rotatable bonds is 6. The number of halogens is 1. The van der Waals surface area contributed by atoms with E-state index in [0.29, 0.717) is 6.61 Å². The third-order valence-electron chi connectivity index (χ3n) is 3.15. The Morgan fingerprint density at radius 2 is 1.75 bits per heavy atom. The predicted octanol–water partition coefficient (Wildman–Crippen LogP) is 4.45. The summed E-state index contributed by atoms with van der Waals surface area (Å²) in [6.07, 6.45) is 0. The summed E-state index contributed by atoms with van der Waals surface area (Å²) >= 11 is 3.47. The van der Waals surface area contributed by atoms with Gasteiger partial charge in [-0.3, -0.25) is 0 Å². The summed E-state index contributed by atoms with van der Waals surface area (Å²) in [5, 5.41) is 3.32. The van der Waals surface area contributed by atoms with E-state index in [-0.39, 0.29) is 0 Å². The first-order valence-corrected chi connectivity index (χ1v) is 7.66. The Labute approximate surface area is 129 Å². The lowest BCUT2D eigenvalue weighted by Gasteiger charge is -2.10. The lowest BCUT2D eigenvalue weighted by molar-refractivity contribution is 0.304. The molecule has 2 nitrogen and oxygen atoms in total. The molecule has 2 aromatic rings. The van der Waals surface area contributed by atoms with Gasteiger partial charge in [0.2, 0.25) is 0 Å². The van der Waals surface area contributed by atoms with Gasteiger partial charge in [0, 0.05) is 11.0 Å². The molecule has 0 aliphatic heterocycles. The fraction of sp³-hybridized carbons (Fsp3) is 0.294. The van der Waals surface area contributed by atoms with Crippen molar-refractivity contribution in [2.24, 2.45) is 0 Å². The average Bonchev–Trinajstić information content (AvgIpc) is 2.47. The fourth-order valence-corrected chi connectivity index (χ4v) is 2.25. The molecule has 0 atom stereocenters. The Balaban J connectivity index is 1.95. The second-order valence-electron chi connectivity index (χ2n) is 4.80. The van der Waals surface area contributed by atoms with Crippen molar-refractivity contribution >= 4 is 15.9 Å².